The zero-order valence-corrected chi connectivity index (χ0v) is 8.04. The second-order valence-corrected chi connectivity index (χ2v) is 3.94. The van der Waals surface area contributed by atoms with Crippen molar-refractivity contribution in [3.05, 3.63) is 30.9 Å². The zero-order valence-electron chi connectivity index (χ0n) is 8.04. The van der Waals surface area contributed by atoms with E-state index in [-0.39, 0.29) is 5.41 Å². The van der Waals surface area contributed by atoms with Crippen molar-refractivity contribution < 1.29 is 0 Å². The first-order chi connectivity index (χ1) is 5.55. The molecule has 0 saturated carbocycles. The van der Waals surface area contributed by atoms with E-state index < -0.39 is 0 Å². The van der Waals surface area contributed by atoms with E-state index >= 15 is 0 Å². The van der Waals surface area contributed by atoms with Crippen LogP contribution in [0.15, 0.2) is 25.0 Å². The number of hydrogen-bond donors (Lipinski definition) is 0. The molecule has 0 atom stereocenters. The zero-order chi connectivity index (χ0) is 9.19. The van der Waals surface area contributed by atoms with Crippen LogP contribution in [0.25, 0.3) is 0 Å². The molecule has 0 bridgehead atoms. The SMILES string of the molecule is C=CCn1ccnc1C(C)(C)C. The van der Waals surface area contributed by atoms with E-state index in [0.717, 1.165) is 12.4 Å². The van der Waals surface area contributed by atoms with Gasteiger partial charge >= 0.3 is 0 Å². The monoisotopic (exact) mass is 164 g/mol. The van der Waals surface area contributed by atoms with E-state index in [1.165, 1.54) is 0 Å². The Labute approximate surface area is 73.9 Å². The molecule has 0 N–H and O–H groups in total. The van der Waals surface area contributed by atoms with Gasteiger partial charge in [0, 0.05) is 24.4 Å². The summed E-state index contributed by atoms with van der Waals surface area (Å²) in [5, 5.41) is 0. The van der Waals surface area contributed by atoms with Crippen molar-refractivity contribution in [2.75, 3.05) is 0 Å². The molecule has 2 nitrogen and oxygen atoms in total. The van der Waals surface area contributed by atoms with E-state index in [0.29, 0.717) is 0 Å². The van der Waals surface area contributed by atoms with Crippen LogP contribution >= 0.6 is 0 Å². The van der Waals surface area contributed by atoms with Gasteiger partial charge in [0.1, 0.15) is 5.82 Å². The molecule has 1 aromatic heterocycles. The Kier molecular flexibility index (Phi) is 2.36. The molecule has 0 saturated heterocycles. The summed E-state index contributed by atoms with van der Waals surface area (Å²) in [7, 11) is 0. The molecule has 0 aliphatic carbocycles. The van der Waals surface area contributed by atoms with Crippen molar-refractivity contribution in [1.82, 2.24) is 9.55 Å². The van der Waals surface area contributed by atoms with Crippen molar-refractivity contribution >= 4 is 0 Å². The summed E-state index contributed by atoms with van der Waals surface area (Å²) in [5.74, 6) is 1.11. The molecule has 0 aliphatic heterocycles. The molecule has 0 amide bonds. The summed E-state index contributed by atoms with van der Waals surface area (Å²) in [6, 6.07) is 0. The maximum absolute atomic E-state index is 4.32. The predicted octanol–water partition coefficient (Wildman–Crippen LogP) is 2.37. The van der Waals surface area contributed by atoms with E-state index in [2.05, 4.69) is 36.9 Å². The predicted molar refractivity (Wildman–Crippen MR) is 51.1 cm³/mol. The maximum atomic E-state index is 4.32. The molecule has 0 aromatic carbocycles. The van der Waals surface area contributed by atoms with Crippen LogP contribution in [-0.4, -0.2) is 9.55 Å². The normalized spacial score (nSPS) is 11.6. The van der Waals surface area contributed by atoms with Gasteiger partial charge in [-0.15, -0.1) is 6.58 Å². The molecule has 66 valence electrons. The van der Waals surface area contributed by atoms with Crippen molar-refractivity contribution in [3.63, 3.8) is 0 Å². The lowest BCUT2D eigenvalue weighted by atomic mass is 9.96. The second kappa shape index (κ2) is 3.13. The van der Waals surface area contributed by atoms with Crippen LogP contribution in [0.5, 0.6) is 0 Å². The Morgan fingerprint density at radius 1 is 1.58 bits per heavy atom. The van der Waals surface area contributed by atoms with Crippen LogP contribution in [-0.2, 0) is 12.0 Å². The quantitative estimate of drug-likeness (QED) is 0.613. The van der Waals surface area contributed by atoms with Gasteiger partial charge in [-0.1, -0.05) is 26.8 Å². The van der Waals surface area contributed by atoms with E-state index in [4.69, 9.17) is 0 Å². The number of imidazole rings is 1. The highest BCUT2D eigenvalue weighted by molar-refractivity contribution is 5.05. The van der Waals surface area contributed by atoms with Gasteiger partial charge < -0.3 is 4.57 Å². The van der Waals surface area contributed by atoms with E-state index in [1.54, 1.807) is 0 Å². The Morgan fingerprint density at radius 2 is 2.25 bits per heavy atom. The maximum Gasteiger partial charge on any atom is 0.114 e. The number of aromatic nitrogens is 2. The number of rotatable bonds is 2. The number of nitrogens with zero attached hydrogens (tertiary/aromatic N) is 2. The van der Waals surface area contributed by atoms with Crippen LogP contribution in [0.1, 0.15) is 26.6 Å². The standard InChI is InChI=1S/C10H16N2/c1-5-7-12-8-6-11-9(12)10(2,3)4/h5-6,8H,1,7H2,2-4H3. The van der Waals surface area contributed by atoms with Gasteiger partial charge in [-0.3, -0.25) is 0 Å². The summed E-state index contributed by atoms with van der Waals surface area (Å²) in [6.07, 6.45) is 5.71. The molecule has 1 aromatic rings. The van der Waals surface area contributed by atoms with Gasteiger partial charge in [0.2, 0.25) is 0 Å². The highest BCUT2D eigenvalue weighted by Crippen LogP contribution is 2.19. The van der Waals surface area contributed by atoms with Crippen LogP contribution in [0.4, 0.5) is 0 Å². The molecule has 1 heterocycles. The van der Waals surface area contributed by atoms with Gasteiger partial charge in [-0.25, -0.2) is 4.98 Å². The number of allylic oxidation sites excluding steroid dienone is 1. The molecular formula is C10H16N2. The molecule has 0 aliphatic rings. The minimum atomic E-state index is 0.118. The molecule has 2 heteroatoms. The largest absolute Gasteiger partial charge is 0.331 e. The van der Waals surface area contributed by atoms with Crippen molar-refractivity contribution in [3.8, 4) is 0 Å². The molecule has 0 spiro atoms. The minimum absolute atomic E-state index is 0.118. The first kappa shape index (κ1) is 9.04. The Bertz CT molecular complexity index is 266. The third-order valence-corrected chi connectivity index (χ3v) is 1.71. The highest BCUT2D eigenvalue weighted by atomic mass is 15.1. The fourth-order valence-corrected chi connectivity index (χ4v) is 1.24. The summed E-state index contributed by atoms with van der Waals surface area (Å²) in [5.41, 5.74) is 0.118. The van der Waals surface area contributed by atoms with E-state index in [1.807, 2.05) is 18.5 Å². The number of hydrogen-bond acceptors (Lipinski definition) is 1. The van der Waals surface area contributed by atoms with Gasteiger partial charge in [-0.05, 0) is 0 Å². The average Bonchev–Trinajstić information content (AvgIpc) is 2.34. The van der Waals surface area contributed by atoms with Crippen LogP contribution in [0, 0.1) is 0 Å². The van der Waals surface area contributed by atoms with E-state index in [9.17, 15) is 0 Å². The lowest BCUT2D eigenvalue weighted by Gasteiger charge is -2.18. The first-order valence-electron chi connectivity index (χ1n) is 4.18. The minimum Gasteiger partial charge on any atom is -0.331 e. The second-order valence-electron chi connectivity index (χ2n) is 3.94. The van der Waals surface area contributed by atoms with Crippen LogP contribution < -0.4 is 0 Å². The fourth-order valence-electron chi connectivity index (χ4n) is 1.24. The van der Waals surface area contributed by atoms with Crippen molar-refractivity contribution in [2.24, 2.45) is 0 Å². The topological polar surface area (TPSA) is 17.8 Å². The summed E-state index contributed by atoms with van der Waals surface area (Å²) in [4.78, 5) is 4.32. The smallest absolute Gasteiger partial charge is 0.114 e. The van der Waals surface area contributed by atoms with Crippen molar-refractivity contribution in [1.29, 1.82) is 0 Å². The third-order valence-electron chi connectivity index (χ3n) is 1.71. The lowest BCUT2D eigenvalue weighted by molar-refractivity contribution is 0.513. The average molecular weight is 164 g/mol. The molecule has 1 rings (SSSR count). The van der Waals surface area contributed by atoms with Gasteiger partial charge in [0.15, 0.2) is 0 Å². The molecule has 12 heavy (non-hydrogen) atoms. The Morgan fingerprint density at radius 3 is 2.75 bits per heavy atom. The molecular weight excluding hydrogens is 148 g/mol. The highest BCUT2D eigenvalue weighted by Gasteiger charge is 2.18. The molecule has 0 radical (unpaired) electrons. The van der Waals surface area contributed by atoms with Gasteiger partial charge in [0.25, 0.3) is 0 Å². The first-order valence-corrected chi connectivity index (χ1v) is 4.18. The van der Waals surface area contributed by atoms with Crippen molar-refractivity contribution in [2.45, 2.75) is 32.7 Å². The van der Waals surface area contributed by atoms with Gasteiger partial charge in [0.05, 0.1) is 0 Å². The van der Waals surface area contributed by atoms with Crippen LogP contribution in [0.2, 0.25) is 0 Å². The Balaban J connectivity index is 2.99. The summed E-state index contributed by atoms with van der Waals surface area (Å²) < 4.78 is 2.12. The molecule has 0 unspecified atom stereocenters. The lowest BCUT2D eigenvalue weighted by Crippen LogP contribution is -2.18. The summed E-state index contributed by atoms with van der Waals surface area (Å²) >= 11 is 0. The van der Waals surface area contributed by atoms with Gasteiger partial charge in [-0.2, -0.15) is 0 Å². The Hall–Kier alpha value is -1.05. The summed E-state index contributed by atoms with van der Waals surface area (Å²) in [6.45, 7) is 11.0. The third kappa shape index (κ3) is 1.76. The fraction of sp³-hybridized carbons (Fsp3) is 0.500. The van der Waals surface area contributed by atoms with Crippen LogP contribution in [0.3, 0.4) is 0 Å². The molecule has 0 fully saturated rings.